The molecule has 1 aliphatic rings. The summed E-state index contributed by atoms with van der Waals surface area (Å²) in [6, 6.07) is 0. The minimum atomic E-state index is 0.529. The predicted octanol–water partition coefficient (Wildman–Crippen LogP) is 6.59. The molecule has 0 unspecified atom stereocenters. The number of epoxide rings is 1. The largest absolute Gasteiger partial charge is 0.369 e. The Labute approximate surface area is 132 Å². The highest BCUT2D eigenvalue weighted by Gasteiger charge is 2.36. The van der Waals surface area contributed by atoms with Gasteiger partial charge in [-0.3, -0.25) is 0 Å². The van der Waals surface area contributed by atoms with Gasteiger partial charge in [-0.2, -0.15) is 0 Å². The van der Waals surface area contributed by atoms with Crippen LogP contribution in [0.15, 0.2) is 24.3 Å². The van der Waals surface area contributed by atoms with Gasteiger partial charge in [0.25, 0.3) is 0 Å². The van der Waals surface area contributed by atoms with Crippen LogP contribution in [0.4, 0.5) is 0 Å². The van der Waals surface area contributed by atoms with Crippen LogP contribution in [0.1, 0.15) is 90.9 Å². The molecule has 0 aromatic rings. The SMILES string of the molecule is CCC=CCC=CC[C@H]1O[C@@H]1CCCCCCCCCC. The molecular formula is C20H36O. The fourth-order valence-corrected chi connectivity index (χ4v) is 2.79. The van der Waals surface area contributed by atoms with Crippen molar-refractivity contribution in [3.63, 3.8) is 0 Å². The molecule has 0 aromatic carbocycles. The lowest BCUT2D eigenvalue weighted by molar-refractivity contribution is 0.358. The maximum atomic E-state index is 5.74. The maximum absolute atomic E-state index is 5.74. The van der Waals surface area contributed by atoms with Crippen LogP contribution in [-0.4, -0.2) is 12.2 Å². The van der Waals surface area contributed by atoms with Crippen molar-refractivity contribution in [1.29, 1.82) is 0 Å². The van der Waals surface area contributed by atoms with Gasteiger partial charge < -0.3 is 4.74 Å². The number of ether oxygens (including phenoxy) is 1. The van der Waals surface area contributed by atoms with E-state index >= 15 is 0 Å². The lowest BCUT2D eigenvalue weighted by atomic mass is 10.1. The third-order valence-electron chi connectivity index (χ3n) is 4.24. The van der Waals surface area contributed by atoms with Crippen molar-refractivity contribution in [2.45, 2.75) is 103 Å². The first kappa shape index (κ1) is 18.5. The molecule has 1 fully saturated rings. The topological polar surface area (TPSA) is 12.5 Å². The summed E-state index contributed by atoms with van der Waals surface area (Å²) in [7, 11) is 0. The summed E-state index contributed by atoms with van der Waals surface area (Å²) in [5.74, 6) is 0. The second-order valence-electron chi connectivity index (χ2n) is 6.30. The molecule has 0 spiro atoms. The van der Waals surface area contributed by atoms with Gasteiger partial charge in [-0.1, -0.05) is 89.5 Å². The Morgan fingerprint density at radius 1 is 0.714 bits per heavy atom. The average molecular weight is 293 g/mol. The monoisotopic (exact) mass is 292 g/mol. The van der Waals surface area contributed by atoms with E-state index < -0.39 is 0 Å². The lowest BCUT2D eigenvalue weighted by Gasteiger charge is -2.00. The zero-order valence-corrected chi connectivity index (χ0v) is 14.4. The Kier molecular flexibility index (Phi) is 11.6. The molecule has 1 heterocycles. The van der Waals surface area contributed by atoms with Crippen LogP contribution >= 0.6 is 0 Å². The smallest absolute Gasteiger partial charge is 0.0876 e. The maximum Gasteiger partial charge on any atom is 0.0876 e. The number of hydrogen-bond donors (Lipinski definition) is 0. The number of allylic oxidation sites excluding steroid dienone is 3. The van der Waals surface area contributed by atoms with Gasteiger partial charge in [0.05, 0.1) is 12.2 Å². The second-order valence-corrected chi connectivity index (χ2v) is 6.30. The molecule has 0 bridgehead atoms. The highest BCUT2D eigenvalue weighted by molar-refractivity contribution is 4.97. The third-order valence-corrected chi connectivity index (χ3v) is 4.24. The van der Waals surface area contributed by atoms with Gasteiger partial charge >= 0.3 is 0 Å². The van der Waals surface area contributed by atoms with Crippen LogP contribution in [0.2, 0.25) is 0 Å². The fourth-order valence-electron chi connectivity index (χ4n) is 2.79. The Bertz CT molecular complexity index is 280. The van der Waals surface area contributed by atoms with E-state index in [1.165, 1.54) is 57.8 Å². The van der Waals surface area contributed by atoms with Gasteiger partial charge in [-0.15, -0.1) is 0 Å². The Hall–Kier alpha value is -0.560. The fraction of sp³-hybridized carbons (Fsp3) is 0.800. The Morgan fingerprint density at radius 2 is 1.38 bits per heavy atom. The normalized spacial score (nSPS) is 21.6. The number of rotatable bonds is 14. The molecule has 1 aliphatic heterocycles. The minimum absolute atomic E-state index is 0.529. The van der Waals surface area contributed by atoms with Crippen molar-refractivity contribution >= 4 is 0 Å². The van der Waals surface area contributed by atoms with Gasteiger partial charge in [0.1, 0.15) is 0 Å². The van der Waals surface area contributed by atoms with E-state index in [1.54, 1.807) is 0 Å². The Balaban J connectivity index is 1.83. The van der Waals surface area contributed by atoms with Crippen LogP contribution in [0, 0.1) is 0 Å². The summed E-state index contributed by atoms with van der Waals surface area (Å²) in [4.78, 5) is 0. The summed E-state index contributed by atoms with van der Waals surface area (Å²) in [5, 5.41) is 0. The summed E-state index contributed by atoms with van der Waals surface area (Å²) < 4.78 is 5.74. The van der Waals surface area contributed by atoms with E-state index in [4.69, 9.17) is 4.74 Å². The molecule has 0 N–H and O–H groups in total. The Morgan fingerprint density at radius 3 is 2.10 bits per heavy atom. The van der Waals surface area contributed by atoms with Crippen LogP contribution < -0.4 is 0 Å². The molecule has 0 radical (unpaired) electrons. The van der Waals surface area contributed by atoms with Crippen molar-refractivity contribution in [3.8, 4) is 0 Å². The van der Waals surface area contributed by atoms with E-state index in [1.807, 2.05) is 0 Å². The molecule has 2 atom stereocenters. The summed E-state index contributed by atoms with van der Waals surface area (Å²) in [6.07, 6.45) is 26.0. The molecule has 0 saturated carbocycles. The minimum Gasteiger partial charge on any atom is -0.369 e. The zero-order chi connectivity index (χ0) is 15.2. The number of hydrogen-bond acceptors (Lipinski definition) is 1. The van der Waals surface area contributed by atoms with Gasteiger partial charge in [0, 0.05) is 0 Å². The van der Waals surface area contributed by atoms with Crippen molar-refractivity contribution in [3.05, 3.63) is 24.3 Å². The van der Waals surface area contributed by atoms with Crippen molar-refractivity contribution in [2.75, 3.05) is 0 Å². The molecule has 21 heavy (non-hydrogen) atoms. The average Bonchev–Trinajstić information content (AvgIpc) is 3.24. The lowest BCUT2D eigenvalue weighted by Crippen LogP contribution is -1.93. The van der Waals surface area contributed by atoms with Gasteiger partial charge in [0.2, 0.25) is 0 Å². The first-order valence-electron chi connectivity index (χ1n) is 9.34. The molecule has 0 aliphatic carbocycles. The van der Waals surface area contributed by atoms with Crippen molar-refractivity contribution in [1.82, 2.24) is 0 Å². The van der Waals surface area contributed by atoms with E-state index in [0.717, 1.165) is 19.3 Å². The standard InChI is InChI=1S/C20H36O/c1-3-5-7-9-11-12-14-16-18-20-19(21-20)17-15-13-10-8-6-4-2/h6,8,13,15,19-20H,3-5,7,9-12,14,16-18H2,1-2H3/t19-,20-/m1/s1. The summed E-state index contributed by atoms with van der Waals surface area (Å²) in [5.41, 5.74) is 0. The third kappa shape index (κ3) is 10.8. The van der Waals surface area contributed by atoms with Crippen LogP contribution in [0.3, 0.4) is 0 Å². The summed E-state index contributed by atoms with van der Waals surface area (Å²) >= 11 is 0. The van der Waals surface area contributed by atoms with Crippen LogP contribution in [0.5, 0.6) is 0 Å². The van der Waals surface area contributed by atoms with Crippen molar-refractivity contribution < 1.29 is 4.74 Å². The first-order chi connectivity index (χ1) is 10.4. The van der Waals surface area contributed by atoms with E-state index in [2.05, 4.69) is 38.2 Å². The molecule has 122 valence electrons. The predicted molar refractivity (Wildman–Crippen MR) is 93.7 cm³/mol. The molecule has 1 nitrogen and oxygen atoms in total. The van der Waals surface area contributed by atoms with Crippen LogP contribution in [-0.2, 0) is 4.74 Å². The van der Waals surface area contributed by atoms with Crippen molar-refractivity contribution in [2.24, 2.45) is 0 Å². The van der Waals surface area contributed by atoms with E-state index in [9.17, 15) is 0 Å². The quantitative estimate of drug-likeness (QED) is 0.200. The molecule has 1 rings (SSSR count). The molecule has 0 aromatic heterocycles. The molecule has 1 heteroatoms. The number of unbranched alkanes of at least 4 members (excludes halogenated alkanes) is 7. The second kappa shape index (κ2) is 13.1. The van der Waals surface area contributed by atoms with E-state index in [0.29, 0.717) is 12.2 Å². The van der Waals surface area contributed by atoms with Crippen LogP contribution in [0.25, 0.3) is 0 Å². The highest BCUT2D eigenvalue weighted by Crippen LogP contribution is 2.30. The molecule has 1 saturated heterocycles. The van der Waals surface area contributed by atoms with Gasteiger partial charge in [-0.05, 0) is 25.7 Å². The van der Waals surface area contributed by atoms with Gasteiger partial charge in [0.15, 0.2) is 0 Å². The molecule has 0 amide bonds. The highest BCUT2D eigenvalue weighted by atomic mass is 16.6. The first-order valence-corrected chi connectivity index (χ1v) is 9.34. The van der Waals surface area contributed by atoms with E-state index in [-0.39, 0.29) is 0 Å². The molecular weight excluding hydrogens is 256 g/mol. The summed E-state index contributed by atoms with van der Waals surface area (Å²) in [6.45, 7) is 4.46. The van der Waals surface area contributed by atoms with Gasteiger partial charge in [-0.25, -0.2) is 0 Å². The zero-order valence-electron chi connectivity index (χ0n) is 14.4.